The van der Waals surface area contributed by atoms with Gasteiger partial charge in [0.1, 0.15) is 5.82 Å². The molecule has 0 aromatic carbocycles. The molecule has 1 aromatic rings. The predicted molar refractivity (Wildman–Crippen MR) is 79.3 cm³/mol. The molecule has 4 N–H and O–H groups in total. The van der Waals surface area contributed by atoms with Crippen molar-refractivity contribution in [3.8, 4) is 0 Å². The van der Waals surface area contributed by atoms with Crippen molar-refractivity contribution in [1.29, 1.82) is 0 Å². The molecule has 2 rings (SSSR count). The van der Waals surface area contributed by atoms with Gasteiger partial charge in [-0.3, -0.25) is 0 Å². The lowest BCUT2D eigenvalue weighted by atomic mass is 9.97. The molecule has 1 aliphatic rings. The largest absolute Gasteiger partial charge is 0.367 e. The van der Waals surface area contributed by atoms with Crippen molar-refractivity contribution < 1.29 is 0 Å². The Morgan fingerprint density at radius 2 is 1.89 bits per heavy atom. The fraction of sp³-hybridized carbons (Fsp3) is 0.714. The first kappa shape index (κ1) is 14.1. The molecular formula is C14H25N5. The number of hydrogen-bond acceptors (Lipinski definition) is 5. The van der Waals surface area contributed by atoms with Crippen LogP contribution in [-0.2, 0) is 0 Å². The molecule has 5 nitrogen and oxygen atoms in total. The van der Waals surface area contributed by atoms with E-state index in [1.54, 1.807) is 6.20 Å². The molecule has 0 atom stereocenters. The lowest BCUT2D eigenvalue weighted by Crippen LogP contribution is -2.22. The summed E-state index contributed by atoms with van der Waals surface area (Å²) in [6, 6.07) is 2.49. The zero-order chi connectivity index (χ0) is 13.3. The zero-order valence-electron chi connectivity index (χ0n) is 11.6. The molecule has 0 spiro atoms. The standard InChI is InChI=1S/C14H25N5/c15-9-11-17-14-16-10-8-13(19-14)18-12-6-4-2-1-3-5-7-12/h8,10,12H,1-7,9,11,15H2,(H2,16,17,18,19). The van der Waals surface area contributed by atoms with Crippen LogP contribution in [0.5, 0.6) is 0 Å². The van der Waals surface area contributed by atoms with Gasteiger partial charge in [-0.15, -0.1) is 0 Å². The summed E-state index contributed by atoms with van der Waals surface area (Å²) in [4.78, 5) is 8.66. The molecule has 1 saturated carbocycles. The molecule has 1 fully saturated rings. The van der Waals surface area contributed by atoms with Crippen molar-refractivity contribution in [1.82, 2.24) is 9.97 Å². The molecule has 0 unspecified atom stereocenters. The van der Waals surface area contributed by atoms with Crippen LogP contribution in [0.1, 0.15) is 44.9 Å². The predicted octanol–water partition coefficient (Wildman–Crippen LogP) is 2.37. The van der Waals surface area contributed by atoms with Gasteiger partial charge in [0.2, 0.25) is 5.95 Å². The van der Waals surface area contributed by atoms with E-state index in [9.17, 15) is 0 Å². The molecule has 19 heavy (non-hydrogen) atoms. The van der Waals surface area contributed by atoms with E-state index < -0.39 is 0 Å². The summed E-state index contributed by atoms with van der Waals surface area (Å²) in [5.74, 6) is 1.57. The number of anilines is 2. The third-order valence-electron chi connectivity index (χ3n) is 3.54. The summed E-state index contributed by atoms with van der Waals surface area (Å²) < 4.78 is 0. The van der Waals surface area contributed by atoms with Gasteiger partial charge in [-0.25, -0.2) is 4.98 Å². The highest BCUT2D eigenvalue weighted by Crippen LogP contribution is 2.20. The Morgan fingerprint density at radius 3 is 2.63 bits per heavy atom. The van der Waals surface area contributed by atoms with Crippen molar-refractivity contribution in [2.24, 2.45) is 5.73 Å². The lowest BCUT2D eigenvalue weighted by Gasteiger charge is -2.21. The number of nitrogens with one attached hydrogen (secondary N) is 2. The minimum Gasteiger partial charge on any atom is -0.367 e. The van der Waals surface area contributed by atoms with E-state index in [2.05, 4.69) is 20.6 Å². The molecule has 1 heterocycles. The van der Waals surface area contributed by atoms with Gasteiger partial charge in [0.15, 0.2) is 0 Å². The third kappa shape index (κ3) is 5.03. The Labute approximate surface area is 115 Å². The van der Waals surface area contributed by atoms with Crippen LogP contribution in [0.15, 0.2) is 12.3 Å². The van der Waals surface area contributed by atoms with E-state index in [4.69, 9.17) is 5.73 Å². The van der Waals surface area contributed by atoms with E-state index in [1.165, 1.54) is 44.9 Å². The van der Waals surface area contributed by atoms with Crippen molar-refractivity contribution in [2.75, 3.05) is 23.7 Å². The first-order chi connectivity index (χ1) is 9.38. The van der Waals surface area contributed by atoms with Gasteiger partial charge in [0.25, 0.3) is 0 Å². The van der Waals surface area contributed by atoms with Crippen molar-refractivity contribution in [2.45, 2.75) is 51.0 Å². The topological polar surface area (TPSA) is 75.9 Å². The highest BCUT2D eigenvalue weighted by atomic mass is 15.1. The van der Waals surface area contributed by atoms with Crippen LogP contribution < -0.4 is 16.4 Å². The van der Waals surface area contributed by atoms with Gasteiger partial charge >= 0.3 is 0 Å². The number of nitrogens with two attached hydrogens (primary N) is 1. The number of rotatable bonds is 5. The Kier molecular flexibility index (Phi) is 5.88. The second-order valence-corrected chi connectivity index (χ2v) is 5.17. The summed E-state index contributed by atoms with van der Waals surface area (Å²) >= 11 is 0. The summed E-state index contributed by atoms with van der Waals surface area (Å²) in [5, 5.41) is 6.65. The summed E-state index contributed by atoms with van der Waals surface area (Å²) in [5.41, 5.74) is 5.46. The average Bonchev–Trinajstić information content (AvgIpc) is 2.40. The molecule has 0 amide bonds. The van der Waals surface area contributed by atoms with Crippen LogP contribution in [0.25, 0.3) is 0 Å². The van der Waals surface area contributed by atoms with Crippen molar-refractivity contribution >= 4 is 11.8 Å². The van der Waals surface area contributed by atoms with Crippen LogP contribution in [0.2, 0.25) is 0 Å². The van der Waals surface area contributed by atoms with E-state index in [-0.39, 0.29) is 0 Å². The molecule has 5 heteroatoms. The Balaban J connectivity index is 1.89. The first-order valence-corrected chi connectivity index (χ1v) is 7.42. The normalized spacial score (nSPS) is 17.5. The maximum Gasteiger partial charge on any atom is 0.224 e. The van der Waals surface area contributed by atoms with Crippen molar-refractivity contribution in [3.63, 3.8) is 0 Å². The van der Waals surface area contributed by atoms with Gasteiger partial charge in [0.05, 0.1) is 0 Å². The van der Waals surface area contributed by atoms with Gasteiger partial charge in [-0.1, -0.05) is 32.1 Å². The SMILES string of the molecule is NCCNc1nccc(NC2CCCCCCC2)n1. The molecule has 0 saturated heterocycles. The van der Waals surface area contributed by atoms with E-state index in [1.807, 2.05) is 6.07 Å². The van der Waals surface area contributed by atoms with Gasteiger partial charge in [0, 0.05) is 25.3 Å². The summed E-state index contributed by atoms with van der Waals surface area (Å²) in [6.07, 6.45) is 11.0. The van der Waals surface area contributed by atoms with Gasteiger partial charge < -0.3 is 16.4 Å². The Hall–Kier alpha value is -1.36. The number of aromatic nitrogens is 2. The fourth-order valence-electron chi connectivity index (χ4n) is 2.52. The first-order valence-electron chi connectivity index (χ1n) is 7.42. The maximum absolute atomic E-state index is 5.46. The van der Waals surface area contributed by atoms with Crippen LogP contribution in [0.4, 0.5) is 11.8 Å². The molecule has 0 bridgehead atoms. The van der Waals surface area contributed by atoms with Crippen LogP contribution in [-0.4, -0.2) is 29.1 Å². The zero-order valence-corrected chi connectivity index (χ0v) is 11.6. The van der Waals surface area contributed by atoms with E-state index in [0.29, 0.717) is 25.1 Å². The fourth-order valence-corrected chi connectivity index (χ4v) is 2.52. The number of hydrogen-bond donors (Lipinski definition) is 3. The average molecular weight is 263 g/mol. The van der Waals surface area contributed by atoms with Gasteiger partial charge in [-0.05, 0) is 18.9 Å². The Morgan fingerprint density at radius 1 is 1.16 bits per heavy atom. The molecule has 106 valence electrons. The maximum atomic E-state index is 5.46. The van der Waals surface area contributed by atoms with Crippen LogP contribution in [0.3, 0.4) is 0 Å². The molecule has 1 aromatic heterocycles. The minimum atomic E-state index is 0.553. The molecule has 0 aliphatic heterocycles. The second-order valence-electron chi connectivity index (χ2n) is 5.17. The highest BCUT2D eigenvalue weighted by molar-refractivity contribution is 5.40. The van der Waals surface area contributed by atoms with Crippen LogP contribution >= 0.6 is 0 Å². The second kappa shape index (κ2) is 7.94. The lowest BCUT2D eigenvalue weighted by molar-refractivity contribution is 0.470. The minimum absolute atomic E-state index is 0.553. The monoisotopic (exact) mass is 263 g/mol. The molecule has 0 radical (unpaired) electrons. The number of nitrogens with zero attached hydrogens (tertiary/aromatic N) is 2. The highest BCUT2D eigenvalue weighted by Gasteiger charge is 2.11. The third-order valence-corrected chi connectivity index (χ3v) is 3.54. The summed E-state index contributed by atoms with van der Waals surface area (Å²) in [6.45, 7) is 1.29. The molecule has 1 aliphatic carbocycles. The van der Waals surface area contributed by atoms with Gasteiger partial charge in [-0.2, -0.15) is 4.98 Å². The Bertz CT molecular complexity index is 361. The quantitative estimate of drug-likeness (QED) is 0.760. The van der Waals surface area contributed by atoms with Crippen molar-refractivity contribution in [3.05, 3.63) is 12.3 Å². The smallest absolute Gasteiger partial charge is 0.224 e. The molecular weight excluding hydrogens is 238 g/mol. The van der Waals surface area contributed by atoms with E-state index in [0.717, 1.165) is 5.82 Å². The van der Waals surface area contributed by atoms with Crippen LogP contribution in [0, 0.1) is 0 Å². The summed E-state index contributed by atoms with van der Waals surface area (Å²) in [7, 11) is 0. The van der Waals surface area contributed by atoms with E-state index >= 15 is 0 Å².